The topological polar surface area (TPSA) is 108 Å². The first-order valence-electron chi connectivity index (χ1n) is 11.6. The van der Waals surface area contributed by atoms with Gasteiger partial charge in [0.05, 0.1) is 11.4 Å². The Morgan fingerprint density at radius 1 is 1.09 bits per heavy atom. The quantitative estimate of drug-likeness (QED) is 0.326. The van der Waals surface area contributed by atoms with Crippen LogP contribution in [-0.2, 0) is 21.4 Å². The lowest BCUT2D eigenvalue weighted by molar-refractivity contribution is -0.151. The fourth-order valence-electron chi connectivity index (χ4n) is 4.64. The average Bonchev–Trinajstić information content (AvgIpc) is 3.66. The van der Waals surface area contributed by atoms with Crippen LogP contribution in [0, 0.1) is 18.7 Å². The number of benzene rings is 2. The molecule has 0 saturated heterocycles. The number of carbonyl (C=O) groups is 1. The summed E-state index contributed by atoms with van der Waals surface area (Å²) in [5, 5.41) is 20.3. The van der Waals surface area contributed by atoms with Crippen LogP contribution in [0.3, 0.4) is 0 Å². The van der Waals surface area contributed by atoms with E-state index in [4.69, 9.17) is 0 Å². The first-order valence-corrected chi connectivity index (χ1v) is 12.8. The summed E-state index contributed by atoms with van der Waals surface area (Å²) in [4.78, 5) is 28.0. The number of aryl methyl sites for hydroxylation is 1. The maximum absolute atomic E-state index is 13.6. The van der Waals surface area contributed by atoms with Crippen molar-refractivity contribution in [3.05, 3.63) is 89.4 Å². The molecule has 1 aliphatic rings. The Morgan fingerprint density at radius 3 is 2.31 bits per heavy atom. The van der Waals surface area contributed by atoms with Crippen LogP contribution in [-0.4, -0.2) is 31.2 Å². The van der Waals surface area contributed by atoms with E-state index in [1.807, 2.05) is 37.3 Å². The molecule has 35 heavy (non-hydrogen) atoms. The molecule has 1 heterocycles. The Labute approximate surface area is 204 Å². The van der Waals surface area contributed by atoms with Gasteiger partial charge in [-0.3, -0.25) is 0 Å². The van der Waals surface area contributed by atoms with Crippen LogP contribution in [0.1, 0.15) is 42.5 Å². The Kier molecular flexibility index (Phi) is 7.13. The van der Waals surface area contributed by atoms with Crippen LogP contribution in [0.4, 0.5) is 4.39 Å². The molecule has 1 fully saturated rings. The molecule has 4 rings (SSSR count). The predicted molar refractivity (Wildman–Crippen MR) is 131 cm³/mol. The van der Waals surface area contributed by atoms with Crippen molar-refractivity contribution in [1.82, 2.24) is 4.98 Å². The Bertz CT molecular complexity index is 1220. The average molecular weight is 496 g/mol. The summed E-state index contributed by atoms with van der Waals surface area (Å²) in [5.74, 6) is -1.77. The first-order chi connectivity index (χ1) is 16.7. The van der Waals surface area contributed by atoms with Crippen molar-refractivity contribution >= 4 is 14.0 Å². The van der Waals surface area contributed by atoms with Crippen molar-refractivity contribution in [2.24, 2.45) is 5.92 Å². The fraction of sp³-hybridized carbons (Fsp3) is 0.333. The third-order valence-corrected chi connectivity index (χ3v) is 8.35. The van der Waals surface area contributed by atoms with Gasteiger partial charge in [-0.25, -0.2) is 14.2 Å². The lowest BCUT2D eigenvalue weighted by Crippen LogP contribution is -2.56. The number of rotatable bonds is 10. The van der Waals surface area contributed by atoms with Crippen molar-refractivity contribution in [2.75, 3.05) is 0 Å². The third kappa shape index (κ3) is 4.90. The number of aliphatic carboxylic acids is 1. The minimum absolute atomic E-state index is 0.0122. The lowest BCUT2D eigenvalue weighted by Gasteiger charge is -2.36. The van der Waals surface area contributed by atoms with E-state index in [0.717, 1.165) is 24.0 Å². The van der Waals surface area contributed by atoms with Gasteiger partial charge in [0, 0.05) is 18.4 Å². The zero-order valence-electron chi connectivity index (χ0n) is 19.4. The highest BCUT2D eigenvalue weighted by Crippen LogP contribution is 2.55. The zero-order valence-corrected chi connectivity index (χ0v) is 20.3. The van der Waals surface area contributed by atoms with E-state index in [2.05, 4.69) is 4.98 Å². The summed E-state index contributed by atoms with van der Waals surface area (Å²) >= 11 is 0. The molecule has 8 heteroatoms. The molecule has 182 valence electrons. The monoisotopic (exact) mass is 496 g/mol. The number of hydrogen-bond acceptors (Lipinski definition) is 4. The first kappa shape index (κ1) is 25.1. The molecule has 3 N–H and O–H groups in total. The van der Waals surface area contributed by atoms with E-state index in [9.17, 15) is 28.9 Å². The number of aliphatic hydroxyl groups is 1. The largest absolute Gasteiger partial charge is 0.527 e. The van der Waals surface area contributed by atoms with E-state index < -0.39 is 30.6 Å². The van der Waals surface area contributed by atoms with Gasteiger partial charge < -0.3 is 10.2 Å². The number of aromatic nitrogens is 1. The Morgan fingerprint density at radius 2 is 1.74 bits per heavy atom. The summed E-state index contributed by atoms with van der Waals surface area (Å²) in [5.41, 5.74) is 0.175. The minimum atomic E-state index is -3.39. The molecule has 3 atom stereocenters. The molecule has 0 amide bonds. The number of nitrogens with zero attached hydrogens (tertiary/aromatic N) is 1. The molecule has 1 aromatic heterocycles. The molecule has 3 unspecified atom stereocenters. The Hall–Kier alpha value is -2.99. The van der Waals surface area contributed by atoms with Gasteiger partial charge in [-0.05, 0) is 53.2 Å². The van der Waals surface area contributed by atoms with Gasteiger partial charge in [-0.15, -0.1) is 0 Å². The summed E-state index contributed by atoms with van der Waals surface area (Å²) in [6.07, 6.45) is 1.74. The fourth-order valence-corrected chi connectivity index (χ4v) is 5.63. The van der Waals surface area contributed by atoms with Gasteiger partial charge >= 0.3 is 19.2 Å². The minimum Gasteiger partial charge on any atom is -0.477 e. The van der Waals surface area contributed by atoms with Crippen LogP contribution < -0.4 is 0 Å². The summed E-state index contributed by atoms with van der Waals surface area (Å²) in [7, 11) is -3.39. The number of carboxylic acids is 1. The molecule has 0 radical (unpaired) electrons. The second-order valence-corrected chi connectivity index (χ2v) is 10.6. The molecule has 6 nitrogen and oxygen atoms in total. The van der Waals surface area contributed by atoms with E-state index >= 15 is 0 Å². The predicted octanol–water partition coefficient (Wildman–Crippen LogP) is 5.37. The van der Waals surface area contributed by atoms with Gasteiger partial charge in [-0.2, -0.15) is 4.89 Å². The summed E-state index contributed by atoms with van der Waals surface area (Å²) in [6.45, 7) is 1.85. The van der Waals surface area contributed by atoms with Crippen molar-refractivity contribution in [3.8, 4) is 11.3 Å². The summed E-state index contributed by atoms with van der Waals surface area (Å²) in [6, 6.07) is 17.8. The Balaban J connectivity index is 1.92. The van der Waals surface area contributed by atoms with Gasteiger partial charge in [0.1, 0.15) is 5.82 Å². The molecule has 0 bridgehead atoms. The highest BCUT2D eigenvalue weighted by Gasteiger charge is 2.71. The van der Waals surface area contributed by atoms with E-state index in [0.29, 0.717) is 17.7 Å². The van der Waals surface area contributed by atoms with Crippen molar-refractivity contribution in [1.29, 1.82) is 0 Å². The maximum atomic E-state index is 13.6. The smallest absolute Gasteiger partial charge is 0.477 e. The SMILES string of the molecule is Cc1ccc(C(O)(Cc2ccc(F)cc2)C(CCC2CC2)(C(=O)O)[P+](=O)O)nc1-c1ccccc1. The second kappa shape index (κ2) is 9.94. The van der Waals surface area contributed by atoms with Crippen LogP contribution in [0.25, 0.3) is 11.3 Å². The van der Waals surface area contributed by atoms with Crippen LogP contribution in [0.15, 0.2) is 66.7 Å². The molecule has 1 aliphatic carbocycles. The molecule has 2 aromatic carbocycles. The number of hydrogen-bond donors (Lipinski definition) is 3. The second-order valence-electron chi connectivity index (χ2n) is 9.31. The van der Waals surface area contributed by atoms with E-state index in [-0.39, 0.29) is 24.5 Å². The zero-order chi connectivity index (χ0) is 25.2. The van der Waals surface area contributed by atoms with Gasteiger partial charge in [0.25, 0.3) is 0 Å². The number of carboxylic acid groups (broad SMARTS) is 1. The summed E-state index contributed by atoms with van der Waals surface area (Å²) < 4.78 is 26.5. The van der Waals surface area contributed by atoms with Crippen LogP contribution >= 0.6 is 8.03 Å². The molecule has 1 saturated carbocycles. The molecule has 3 aromatic rings. The highest BCUT2D eigenvalue weighted by atomic mass is 31.1. The normalized spacial score (nSPS) is 17.3. The maximum Gasteiger partial charge on any atom is 0.527 e. The molecular formula is C27H28FNO5P+. The molecular weight excluding hydrogens is 468 g/mol. The van der Waals surface area contributed by atoms with Crippen molar-refractivity contribution < 1.29 is 28.9 Å². The standard InChI is InChI=1S/C27H27FNO5P/c1-18-7-14-23(29-24(18)21-5-3-2-4-6-21)26(32,17-20-10-12-22(28)13-11-20)27(25(30)31,35(33)34)16-15-19-8-9-19/h2-7,10-14,19,32H,8-9,15-17H2,1H3,(H-,30,31,33,34)/p+1. The van der Waals surface area contributed by atoms with Gasteiger partial charge in [0.15, 0.2) is 5.60 Å². The van der Waals surface area contributed by atoms with E-state index in [1.54, 1.807) is 6.07 Å². The molecule has 0 aliphatic heterocycles. The van der Waals surface area contributed by atoms with Crippen molar-refractivity contribution in [3.63, 3.8) is 0 Å². The highest BCUT2D eigenvalue weighted by molar-refractivity contribution is 7.41. The number of halogens is 1. The lowest BCUT2D eigenvalue weighted by atomic mass is 9.75. The van der Waals surface area contributed by atoms with Gasteiger partial charge in [-0.1, -0.05) is 61.4 Å². The number of pyridine rings is 1. The van der Waals surface area contributed by atoms with Gasteiger partial charge in [0.2, 0.25) is 0 Å². The molecule has 0 spiro atoms. The van der Waals surface area contributed by atoms with Crippen LogP contribution in [0.5, 0.6) is 0 Å². The third-order valence-electron chi connectivity index (χ3n) is 6.92. The van der Waals surface area contributed by atoms with Crippen molar-refractivity contribution in [2.45, 2.75) is 49.8 Å². The van der Waals surface area contributed by atoms with Crippen LogP contribution in [0.2, 0.25) is 0 Å². The van der Waals surface area contributed by atoms with E-state index in [1.165, 1.54) is 30.3 Å².